The van der Waals surface area contributed by atoms with Gasteiger partial charge in [0.15, 0.2) is 5.69 Å². The molecule has 0 bridgehead atoms. The highest BCUT2D eigenvalue weighted by atomic mass is 16.5. The molecule has 0 spiro atoms. The van der Waals surface area contributed by atoms with E-state index in [4.69, 9.17) is 5.73 Å². The van der Waals surface area contributed by atoms with Gasteiger partial charge in [0.05, 0.1) is 19.3 Å². The van der Waals surface area contributed by atoms with Gasteiger partial charge in [0, 0.05) is 0 Å². The van der Waals surface area contributed by atoms with Crippen LogP contribution < -0.4 is 5.73 Å². The molecule has 1 aliphatic rings. The van der Waals surface area contributed by atoms with Gasteiger partial charge >= 0.3 is 5.97 Å². The molecule has 1 aromatic heterocycles. The third-order valence-electron chi connectivity index (χ3n) is 3.78. The van der Waals surface area contributed by atoms with Gasteiger partial charge in [-0.15, -0.1) is 0 Å². The number of imidazole rings is 1. The van der Waals surface area contributed by atoms with Crippen molar-refractivity contribution in [3.63, 3.8) is 0 Å². The van der Waals surface area contributed by atoms with Crippen molar-refractivity contribution < 1.29 is 14.6 Å². The summed E-state index contributed by atoms with van der Waals surface area (Å²) in [7, 11) is 1.30. The molecule has 0 aromatic carbocycles. The van der Waals surface area contributed by atoms with Gasteiger partial charge in [-0.25, -0.2) is 9.78 Å². The average Bonchev–Trinajstić information content (AvgIpc) is 2.56. The molecule has 1 aliphatic carbocycles. The fourth-order valence-electron chi connectivity index (χ4n) is 2.80. The van der Waals surface area contributed by atoms with Gasteiger partial charge in [-0.1, -0.05) is 19.3 Å². The van der Waals surface area contributed by atoms with E-state index >= 15 is 0 Å². The smallest absolute Gasteiger partial charge is 0.360 e. The summed E-state index contributed by atoms with van der Waals surface area (Å²) >= 11 is 0. The lowest BCUT2D eigenvalue weighted by Crippen LogP contribution is -2.25. The van der Waals surface area contributed by atoms with Gasteiger partial charge in [-0.3, -0.25) is 0 Å². The Bertz CT molecular complexity index is 470. The number of hydrogen-bond acceptors (Lipinski definition) is 5. The fraction of sp³-hybridized carbons (Fsp3) is 0.692. The minimum absolute atomic E-state index is 0.103. The second-order valence-electron chi connectivity index (χ2n) is 5.03. The molecule has 2 atom stereocenters. The van der Waals surface area contributed by atoms with Crippen LogP contribution in [0.4, 0.5) is 5.82 Å². The van der Waals surface area contributed by atoms with Crippen molar-refractivity contribution in [3.05, 3.63) is 11.5 Å². The van der Waals surface area contributed by atoms with Crippen LogP contribution in [0.2, 0.25) is 0 Å². The zero-order valence-corrected chi connectivity index (χ0v) is 11.4. The number of hydrogen-bond donors (Lipinski definition) is 2. The first-order valence-corrected chi connectivity index (χ1v) is 6.67. The predicted molar refractivity (Wildman–Crippen MR) is 70.8 cm³/mol. The van der Waals surface area contributed by atoms with Crippen LogP contribution in [0, 0.1) is 6.92 Å². The Morgan fingerprint density at radius 2 is 2.11 bits per heavy atom. The quantitative estimate of drug-likeness (QED) is 0.625. The molecule has 19 heavy (non-hydrogen) atoms. The largest absolute Gasteiger partial charge is 0.464 e. The number of ether oxygens (including phenoxy) is 1. The first-order chi connectivity index (χ1) is 9.06. The second-order valence-corrected chi connectivity index (χ2v) is 5.03. The average molecular weight is 267 g/mol. The number of nitrogens with two attached hydrogens (primary N) is 1. The summed E-state index contributed by atoms with van der Waals surface area (Å²) in [5.74, 6) is 0.390. The highest BCUT2D eigenvalue weighted by Crippen LogP contribution is 2.32. The Hall–Kier alpha value is -1.56. The van der Waals surface area contributed by atoms with Crippen LogP contribution in [0.5, 0.6) is 0 Å². The Balaban J connectivity index is 2.38. The van der Waals surface area contributed by atoms with E-state index in [1.165, 1.54) is 7.11 Å². The van der Waals surface area contributed by atoms with E-state index in [9.17, 15) is 9.90 Å². The molecular formula is C13H21N3O3. The molecule has 1 heterocycles. The molecule has 0 radical (unpaired) electrons. The number of methoxy groups -OCH3 is 1. The SMILES string of the molecule is COC(=O)c1nc(C)n(C2CCCCCC2O)c1N. The Morgan fingerprint density at radius 3 is 2.79 bits per heavy atom. The first kappa shape index (κ1) is 13.9. The summed E-state index contributed by atoms with van der Waals surface area (Å²) in [6.45, 7) is 1.79. The standard InChI is InChI=1S/C13H21N3O3/c1-8-15-11(13(18)19-2)12(14)16(8)9-6-4-3-5-7-10(9)17/h9-10,17H,3-7,14H2,1-2H3. The van der Waals surface area contributed by atoms with E-state index in [-0.39, 0.29) is 17.6 Å². The Labute approximate surface area is 112 Å². The van der Waals surface area contributed by atoms with Crippen molar-refractivity contribution in [3.8, 4) is 0 Å². The minimum atomic E-state index is -0.539. The van der Waals surface area contributed by atoms with E-state index in [0.29, 0.717) is 5.82 Å². The molecule has 2 rings (SSSR count). The third-order valence-corrected chi connectivity index (χ3v) is 3.78. The third kappa shape index (κ3) is 2.58. The summed E-state index contributed by atoms with van der Waals surface area (Å²) < 4.78 is 6.45. The molecule has 2 unspecified atom stereocenters. The summed E-state index contributed by atoms with van der Waals surface area (Å²) in [6.07, 6.45) is 4.36. The molecule has 1 saturated carbocycles. The highest BCUT2D eigenvalue weighted by molar-refractivity contribution is 5.92. The number of aliphatic hydroxyl groups is 1. The maximum Gasteiger partial charge on any atom is 0.360 e. The van der Waals surface area contributed by atoms with Crippen LogP contribution in [-0.4, -0.2) is 33.8 Å². The lowest BCUT2D eigenvalue weighted by molar-refractivity contribution is 0.0595. The lowest BCUT2D eigenvalue weighted by atomic mass is 10.1. The van der Waals surface area contributed by atoms with Gasteiger partial charge in [-0.05, 0) is 19.8 Å². The van der Waals surface area contributed by atoms with E-state index in [1.807, 2.05) is 0 Å². The monoisotopic (exact) mass is 267 g/mol. The van der Waals surface area contributed by atoms with Crippen LogP contribution in [0.15, 0.2) is 0 Å². The molecule has 6 nitrogen and oxygen atoms in total. The number of anilines is 1. The highest BCUT2D eigenvalue weighted by Gasteiger charge is 2.29. The summed E-state index contributed by atoms with van der Waals surface area (Å²) in [5, 5.41) is 10.2. The van der Waals surface area contributed by atoms with Crippen LogP contribution in [0.25, 0.3) is 0 Å². The van der Waals surface area contributed by atoms with Crippen molar-refractivity contribution >= 4 is 11.8 Å². The van der Waals surface area contributed by atoms with Gasteiger partial charge in [0.2, 0.25) is 0 Å². The summed E-state index contributed by atoms with van der Waals surface area (Å²) in [4.78, 5) is 15.8. The van der Waals surface area contributed by atoms with Crippen LogP contribution in [-0.2, 0) is 4.74 Å². The zero-order valence-electron chi connectivity index (χ0n) is 11.4. The number of rotatable bonds is 2. The molecule has 0 saturated heterocycles. The number of carbonyl (C=O) groups excluding carboxylic acids is 1. The van der Waals surface area contributed by atoms with Crippen molar-refractivity contribution in [2.24, 2.45) is 0 Å². The Kier molecular flexibility index (Phi) is 4.09. The number of esters is 1. The molecule has 1 aromatic rings. The lowest BCUT2D eigenvalue weighted by Gasteiger charge is -2.24. The van der Waals surface area contributed by atoms with Gasteiger partial charge in [0.25, 0.3) is 0 Å². The van der Waals surface area contributed by atoms with Gasteiger partial charge in [0.1, 0.15) is 11.6 Å². The van der Waals surface area contributed by atoms with Crippen molar-refractivity contribution in [2.75, 3.05) is 12.8 Å². The minimum Gasteiger partial charge on any atom is -0.464 e. The van der Waals surface area contributed by atoms with Crippen LogP contribution >= 0.6 is 0 Å². The summed E-state index contributed by atoms with van der Waals surface area (Å²) in [6, 6.07) is -0.103. The number of carbonyl (C=O) groups is 1. The predicted octanol–water partition coefficient (Wildman–Crippen LogP) is 1.43. The molecule has 0 aliphatic heterocycles. The van der Waals surface area contributed by atoms with Crippen molar-refractivity contribution in [1.82, 2.24) is 9.55 Å². The van der Waals surface area contributed by atoms with E-state index in [0.717, 1.165) is 32.1 Å². The van der Waals surface area contributed by atoms with Crippen molar-refractivity contribution in [1.29, 1.82) is 0 Å². The number of nitrogens with zero attached hydrogens (tertiary/aromatic N) is 2. The maximum absolute atomic E-state index is 11.6. The molecule has 0 amide bonds. The zero-order chi connectivity index (χ0) is 14.0. The van der Waals surface area contributed by atoms with E-state index < -0.39 is 12.1 Å². The maximum atomic E-state index is 11.6. The van der Waals surface area contributed by atoms with E-state index in [2.05, 4.69) is 9.72 Å². The molecule has 3 N–H and O–H groups in total. The fourth-order valence-corrected chi connectivity index (χ4v) is 2.80. The second kappa shape index (κ2) is 5.61. The number of aliphatic hydroxyl groups excluding tert-OH is 1. The van der Waals surface area contributed by atoms with Crippen LogP contribution in [0.1, 0.15) is 54.5 Å². The topological polar surface area (TPSA) is 90.4 Å². The van der Waals surface area contributed by atoms with E-state index in [1.54, 1.807) is 11.5 Å². The first-order valence-electron chi connectivity index (χ1n) is 6.67. The summed E-state index contributed by atoms with van der Waals surface area (Å²) in [5.41, 5.74) is 6.15. The molecular weight excluding hydrogens is 246 g/mol. The number of aromatic nitrogens is 2. The molecule has 6 heteroatoms. The van der Waals surface area contributed by atoms with Gasteiger partial charge < -0.3 is 20.1 Å². The van der Waals surface area contributed by atoms with Gasteiger partial charge in [-0.2, -0.15) is 0 Å². The molecule has 106 valence electrons. The van der Waals surface area contributed by atoms with Crippen LogP contribution in [0.3, 0.4) is 0 Å². The number of aryl methyl sites for hydroxylation is 1. The van der Waals surface area contributed by atoms with Crippen molar-refractivity contribution in [2.45, 2.75) is 51.2 Å². The normalized spacial score (nSPS) is 23.9. The Morgan fingerprint density at radius 1 is 1.42 bits per heavy atom. The molecule has 1 fully saturated rings. The number of nitrogen functional groups attached to an aromatic ring is 1.